The van der Waals surface area contributed by atoms with Crippen LogP contribution in [0.4, 0.5) is 4.79 Å². The second-order valence-electron chi connectivity index (χ2n) is 12.4. The number of carbonyl (C=O) groups is 2. The van der Waals surface area contributed by atoms with Crippen LogP contribution in [0.15, 0.2) is 29.2 Å². The minimum atomic E-state index is -1.22. The van der Waals surface area contributed by atoms with Gasteiger partial charge in [0.1, 0.15) is 11.2 Å². The standard InChI is InChI=1S/C31H44N2O7/c1-30(2,3)27-16-20-15-26(39-14-12-10-8-9-11-13-32-29(37)40-31(4,5)6)25(38-7)17-21(20)23-18-24(34)22(28(35)36)19-33(23)27/h15,17-19,27H,8-14,16H2,1-7H3,(H,32,37)(H,35,36). The van der Waals surface area contributed by atoms with E-state index in [9.17, 15) is 19.5 Å². The molecule has 2 aromatic rings. The summed E-state index contributed by atoms with van der Waals surface area (Å²) in [5, 5.41) is 12.3. The van der Waals surface area contributed by atoms with Gasteiger partial charge in [-0.2, -0.15) is 0 Å². The first kappa shape index (κ1) is 31.0. The monoisotopic (exact) mass is 556 g/mol. The molecule has 0 spiro atoms. The van der Waals surface area contributed by atoms with E-state index in [-0.39, 0.29) is 23.1 Å². The second kappa shape index (κ2) is 12.8. The van der Waals surface area contributed by atoms with Gasteiger partial charge in [-0.05, 0) is 63.1 Å². The lowest BCUT2D eigenvalue weighted by Crippen LogP contribution is -2.32. The minimum absolute atomic E-state index is 0.0419. The van der Waals surface area contributed by atoms with Crippen LogP contribution in [0.5, 0.6) is 11.5 Å². The molecule has 1 aromatic heterocycles. The van der Waals surface area contributed by atoms with E-state index in [0.29, 0.717) is 36.8 Å². The van der Waals surface area contributed by atoms with Gasteiger partial charge in [0, 0.05) is 30.4 Å². The Morgan fingerprint density at radius 2 is 1.68 bits per heavy atom. The highest BCUT2D eigenvalue weighted by Crippen LogP contribution is 2.45. The number of nitrogens with zero attached hydrogens (tertiary/aromatic N) is 1. The fourth-order valence-corrected chi connectivity index (χ4v) is 4.94. The molecule has 9 heteroatoms. The maximum atomic E-state index is 12.6. The number of carbonyl (C=O) groups excluding carboxylic acids is 1. The van der Waals surface area contributed by atoms with Crippen LogP contribution >= 0.6 is 0 Å². The van der Waals surface area contributed by atoms with Crippen molar-refractivity contribution in [3.8, 4) is 22.8 Å². The highest BCUT2D eigenvalue weighted by molar-refractivity contribution is 5.88. The molecule has 1 aliphatic heterocycles. The van der Waals surface area contributed by atoms with Crippen molar-refractivity contribution < 1.29 is 28.9 Å². The Bertz CT molecular complexity index is 1270. The topological polar surface area (TPSA) is 116 Å². The Morgan fingerprint density at radius 1 is 1.00 bits per heavy atom. The summed E-state index contributed by atoms with van der Waals surface area (Å²) in [4.78, 5) is 36.0. The summed E-state index contributed by atoms with van der Waals surface area (Å²) in [5.41, 5.74) is 1.15. The summed E-state index contributed by atoms with van der Waals surface area (Å²) < 4.78 is 18.9. The van der Waals surface area contributed by atoms with Crippen LogP contribution in [0.1, 0.15) is 95.6 Å². The largest absolute Gasteiger partial charge is 0.493 e. The molecule has 1 aromatic carbocycles. The number of rotatable bonds is 11. The molecule has 0 saturated heterocycles. The van der Waals surface area contributed by atoms with Gasteiger partial charge in [-0.1, -0.05) is 40.0 Å². The Labute approximate surface area is 236 Å². The molecule has 3 rings (SSSR count). The van der Waals surface area contributed by atoms with E-state index in [1.165, 1.54) is 12.3 Å². The number of unbranched alkanes of at least 4 members (excludes halogenated alkanes) is 4. The van der Waals surface area contributed by atoms with Gasteiger partial charge in [0.15, 0.2) is 16.9 Å². The van der Waals surface area contributed by atoms with Gasteiger partial charge >= 0.3 is 12.1 Å². The first-order valence-electron chi connectivity index (χ1n) is 14.0. The first-order valence-corrected chi connectivity index (χ1v) is 14.0. The summed E-state index contributed by atoms with van der Waals surface area (Å²) in [5.74, 6) is 0.00783. The molecule has 0 aliphatic carbocycles. The number of hydrogen-bond acceptors (Lipinski definition) is 6. The fraction of sp³-hybridized carbons (Fsp3) is 0.581. The van der Waals surface area contributed by atoms with Crippen LogP contribution in [-0.2, 0) is 11.2 Å². The predicted molar refractivity (Wildman–Crippen MR) is 155 cm³/mol. The zero-order valence-electron chi connectivity index (χ0n) is 24.9. The van der Waals surface area contributed by atoms with Crippen LogP contribution in [-0.4, -0.2) is 47.6 Å². The summed E-state index contributed by atoms with van der Waals surface area (Å²) in [7, 11) is 1.58. The third-order valence-electron chi connectivity index (χ3n) is 6.97. The van der Waals surface area contributed by atoms with E-state index < -0.39 is 17.0 Å². The van der Waals surface area contributed by atoms with Crippen molar-refractivity contribution in [1.29, 1.82) is 0 Å². The summed E-state index contributed by atoms with van der Waals surface area (Å²) in [6, 6.07) is 5.25. The smallest absolute Gasteiger partial charge is 0.407 e. The number of methoxy groups -OCH3 is 1. The molecule has 1 amide bonds. The summed E-state index contributed by atoms with van der Waals surface area (Å²) in [6.45, 7) is 13.0. The van der Waals surface area contributed by atoms with Crippen molar-refractivity contribution in [2.45, 2.75) is 91.7 Å². The SMILES string of the molecule is COc1cc2c(cc1OCCCCCCCNC(=O)OC(C)(C)C)CC(C(C)(C)C)n1cc(C(=O)O)c(=O)cc1-2. The average molecular weight is 557 g/mol. The van der Waals surface area contributed by atoms with Gasteiger partial charge < -0.3 is 29.2 Å². The third-order valence-corrected chi connectivity index (χ3v) is 6.97. The zero-order chi connectivity index (χ0) is 29.7. The molecule has 220 valence electrons. The fourth-order valence-electron chi connectivity index (χ4n) is 4.94. The highest BCUT2D eigenvalue weighted by atomic mass is 16.6. The number of ether oxygens (including phenoxy) is 3. The quantitative estimate of drug-likeness (QED) is 0.316. The van der Waals surface area contributed by atoms with Gasteiger partial charge in [-0.3, -0.25) is 4.79 Å². The van der Waals surface area contributed by atoms with Gasteiger partial charge in [-0.15, -0.1) is 0 Å². The Morgan fingerprint density at radius 3 is 2.30 bits per heavy atom. The number of benzene rings is 1. The molecule has 0 radical (unpaired) electrons. The van der Waals surface area contributed by atoms with E-state index in [1.54, 1.807) is 7.11 Å². The molecule has 0 saturated carbocycles. The number of pyridine rings is 1. The Kier molecular flexibility index (Phi) is 9.92. The van der Waals surface area contributed by atoms with E-state index in [1.807, 2.05) is 37.5 Å². The zero-order valence-corrected chi connectivity index (χ0v) is 24.9. The Balaban J connectivity index is 1.62. The number of aromatic carboxylic acids is 1. The van der Waals surface area contributed by atoms with E-state index in [4.69, 9.17) is 14.2 Å². The van der Waals surface area contributed by atoms with Crippen molar-refractivity contribution >= 4 is 12.1 Å². The number of carboxylic acid groups (broad SMARTS) is 1. The van der Waals surface area contributed by atoms with E-state index >= 15 is 0 Å². The minimum Gasteiger partial charge on any atom is -0.493 e. The van der Waals surface area contributed by atoms with E-state index in [2.05, 4.69) is 26.1 Å². The van der Waals surface area contributed by atoms with Crippen LogP contribution in [0.25, 0.3) is 11.3 Å². The highest BCUT2D eigenvalue weighted by Gasteiger charge is 2.34. The first-order chi connectivity index (χ1) is 18.7. The molecule has 1 unspecified atom stereocenters. The number of hydrogen-bond donors (Lipinski definition) is 2. The molecule has 2 heterocycles. The predicted octanol–water partition coefficient (Wildman–Crippen LogP) is 6.22. The lowest BCUT2D eigenvalue weighted by Gasteiger charge is -2.39. The van der Waals surface area contributed by atoms with Crippen molar-refractivity contribution in [2.24, 2.45) is 5.41 Å². The van der Waals surface area contributed by atoms with Crippen molar-refractivity contribution in [2.75, 3.05) is 20.3 Å². The number of amides is 1. The number of nitrogens with one attached hydrogen (secondary N) is 1. The van der Waals surface area contributed by atoms with E-state index in [0.717, 1.165) is 43.2 Å². The van der Waals surface area contributed by atoms with Gasteiger partial charge in [-0.25, -0.2) is 9.59 Å². The van der Waals surface area contributed by atoms with Crippen molar-refractivity contribution in [3.63, 3.8) is 0 Å². The lowest BCUT2D eigenvalue weighted by atomic mass is 9.78. The van der Waals surface area contributed by atoms with Crippen LogP contribution in [0, 0.1) is 5.41 Å². The average Bonchev–Trinajstić information content (AvgIpc) is 2.84. The molecular formula is C31H44N2O7. The van der Waals surface area contributed by atoms with Crippen LogP contribution in [0.3, 0.4) is 0 Å². The number of fused-ring (bicyclic) bond motifs is 3. The third kappa shape index (κ3) is 8.02. The maximum absolute atomic E-state index is 12.6. The molecular weight excluding hydrogens is 512 g/mol. The van der Waals surface area contributed by atoms with Crippen LogP contribution < -0.4 is 20.2 Å². The normalized spacial score (nSPS) is 14.6. The summed E-state index contributed by atoms with van der Waals surface area (Å²) >= 11 is 0. The molecule has 0 bridgehead atoms. The number of aromatic nitrogens is 1. The van der Waals surface area contributed by atoms with Gasteiger partial charge in [0.05, 0.1) is 19.4 Å². The number of alkyl carbamates (subject to hydrolysis) is 1. The van der Waals surface area contributed by atoms with Crippen molar-refractivity contribution in [1.82, 2.24) is 9.88 Å². The van der Waals surface area contributed by atoms with Gasteiger partial charge in [0.2, 0.25) is 0 Å². The molecule has 2 N–H and O–H groups in total. The molecule has 1 atom stereocenters. The molecule has 40 heavy (non-hydrogen) atoms. The lowest BCUT2D eigenvalue weighted by molar-refractivity contribution is 0.0526. The molecule has 0 fully saturated rings. The molecule has 9 nitrogen and oxygen atoms in total. The maximum Gasteiger partial charge on any atom is 0.407 e. The summed E-state index contributed by atoms with van der Waals surface area (Å²) in [6.07, 6.45) is 6.61. The van der Waals surface area contributed by atoms with Gasteiger partial charge in [0.25, 0.3) is 0 Å². The number of carboxylic acids is 1. The van der Waals surface area contributed by atoms with Crippen molar-refractivity contribution in [3.05, 3.63) is 45.7 Å². The Hall–Kier alpha value is -3.49. The molecule has 1 aliphatic rings. The second-order valence-corrected chi connectivity index (χ2v) is 12.4. The van der Waals surface area contributed by atoms with Crippen LogP contribution in [0.2, 0.25) is 0 Å².